The number of imidazole rings is 1. The topological polar surface area (TPSA) is 61.4 Å². The average molecular weight is 469 g/mol. The van der Waals surface area contributed by atoms with Crippen LogP contribution in [0.4, 0.5) is 0 Å². The number of carbonyl (C=O) groups is 1. The molecule has 0 bridgehead atoms. The standard InChI is InChI=1S/C25H26Cl2N4O/c1-4-17-7-9-30(10-8-17)25(32)19-5-6-21(26)20(23(19)27)12-22-16(3)31-14-18(13-28)11-15(2)24(31)29-22/h5-6,11,14,17H,4,7-10,12H2,1-3H3. The normalized spacial score (nSPS) is 14.7. The molecule has 0 N–H and O–H groups in total. The van der Waals surface area contributed by atoms with Crippen LogP contribution < -0.4 is 0 Å². The van der Waals surface area contributed by atoms with Gasteiger partial charge in [-0.05, 0) is 61.9 Å². The zero-order valence-electron chi connectivity index (χ0n) is 18.6. The van der Waals surface area contributed by atoms with Crippen LogP contribution in [0.1, 0.15) is 64.6 Å². The van der Waals surface area contributed by atoms with Crippen molar-refractivity contribution >= 4 is 34.8 Å². The molecule has 0 atom stereocenters. The van der Waals surface area contributed by atoms with Crippen molar-refractivity contribution < 1.29 is 4.79 Å². The second-order valence-electron chi connectivity index (χ2n) is 8.57. The van der Waals surface area contributed by atoms with Crippen molar-refractivity contribution in [2.45, 2.75) is 46.5 Å². The number of halogens is 2. The Kier molecular flexibility index (Phi) is 6.46. The molecule has 1 aliphatic rings. The summed E-state index contributed by atoms with van der Waals surface area (Å²) < 4.78 is 1.93. The van der Waals surface area contributed by atoms with Gasteiger partial charge in [0.05, 0.1) is 21.8 Å². The Morgan fingerprint density at radius 1 is 1.25 bits per heavy atom. The molecule has 1 amide bonds. The van der Waals surface area contributed by atoms with Crippen LogP contribution in [0.3, 0.4) is 0 Å². The maximum atomic E-state index is 13.2. The molecule has 5 nitrogen and oxygen atoms in total. The molecule has 1 aliphatic heterocycles. The molecule has 4 rings (SSSR count). The Hall–Kier alpha value is -2.55. The molecule has 0 aliphatic carbocycles. The van der Waals surface area contributed by atoms with E-state index in [1.807, 2.05) is 29.2 Å². The fourth-order valence-electron chi connectivity index (χ4n) is 4.51. The molecule has 3 heterocycles. The first-order valence-electron chi connectivity index (χ1n) is 11.0. The molecular weight excluding hydrogens is 443 g/mol. The fourth-order valence-corrected chi connectivity index (χ4v) is 5.09. The Morgan fingerprint density at radius 2 is 1.97 bits per heavy atom. The second kappa shape index (κ2) is 9.13. The highest BCUT2D eigenvalue weighted by Crippen LogP contribution is 2.33. The number of nitrogens with zero attached hydrogens (tertiary/aromatic N) is 4. The van der Waals surface area contributed by atoms with Crippen LogP contribution in [0, 0.1) is 31.1 Å². The Labute approximate surface area is 198 Å². The summed E-state index contributed by atoms with van der Waals surface area (Å²) in [4.78, 5) is 19.9. The van der Waals surface area contributed by atoms with E-state index in [1.165, 1.54) is 0 Å². The zero-order valence-corrected chi connectivity index (χ0v) is 20.1. The van der Waals surface area contributed by atoms with Crippen LogP contribution >= 0.6 is 23.2 Å². The molecule has 0 spiro atoms. The highest BCUT2D eigenvalue weighted by Gasteiger charge is 2.26. The predicted octanol–water partition coefficient (Wildman–Crippen LogP) is 5.98. The molecule has 1 saturated heterocycles. The lowest BCUT2D eigenvalue weighted by atomic mass is 9.94. The summed E-state index contributed by atoms with van der Waals surface area (Å²) >= 11 is 13.3. The third-order valence-corrected chi connectivity index (χ3v) is 7.40. The van der Waals surface area contributed by atoms with Crippen LogP contribution in [-0.2, 0) is 6.42 Å². The quantitative estimate of drug-likeness (QED) is 0.472. The Balaban J connectivity index is 1.67. The van der Waals surface area contributed by atoms with Gasteiger partial charge < -0.3 is 9.30 Å². The summed E-state index contributed by atoms with van der Waals surface area (Å²) in [6.45, 7) is 7.63. The first-order valence-corrected chi connectivity index (χ1v) is 11.7. The summed E-state index contributed by atoms with van der Waals surface area (Å²) in [6, 6.07) is 7.49. The van der Waals surface area contributed by atoms with Gasteiger partial charge in [0.2, 0.25) is 0 Å². The number of rotatable bonds is 4. The van der Waals surface area contributed by atoms with Crippen molar-refractivity contribution in [2.75, 3.05) is 13.1 Å². The number of likely N-dealkylation sites (tertiary alicyclic amines) is 1. The molecular formula is C25H26Cl2N4O. The molecule has 166 valence electrons. The number of fused-ring (bicyclic) bond motifs is 1. The van der Waals surface area contributed by atoms with E-state index in [0.717, 1.165) is 55.0 Å². The minimum atomic E-state index is -0.0382. The third kappa shape index (κ3) is 4.10. The van der Waals surface area contributed by atoms with Crippen molar-refractivity contribution in [3.05, 3.63) is 68.1 Å². The zero-order chi connectivity index (χ0) is 23.0. The SMILES string of the molecule is CCC1CCN(C(=O)c2ccc(Cl)c(Cc3nc4c(C)cc(C#N)cn4c3C)c2Cl)CC1. The van der Waals surface area contributed by atoms with E-state index in [1.54, 1.807) is 18.3 Å². The maximum absolute atomic E-state index is 13.2. The largest absolute Gasteiger partial charge is 0.339 e. The molecule has 0 radical (unpaired) electrons. The van der Waals surface area contributed by atoms with E-state index in [2.05, 4.69) is 13.0 Å². The second-order valence-corrected chi connectivity index (χ2v) is 9.35. The predicted molar refractivity (Wildman–Crippen MR) is 128 cm³/mol. The minimum absolute atomic E-state index is 0.0382. The van der Waals surface area contributed by atoms with E-state index in [-0.39, 0.29) is 5.91 Å². The first-order chi connectivity index (χ1) is 15.3. The number of benzene rings is 1. The number of carbonyl (C=O) groups excluding carboxylic acids is 1. The molecule has 1 aromatic carbocycles. The maximum Gasteiger partial charge on any atom is 0.255 e. The Bertz CT molecular complexity index is 1230. The van der Waals surface area contributed by atoms with Crippen LogP contribution in [0.5, 0.6) is 0 Å². The lowest BCUT2D eigenvalue weighted by Crippen LogP contribution is -2.38. The lowest BCUT2D eigenvalue weighted by Gasteiger charge is -2.32. The molecule has 32 heavy (non-hydrogen) atoms. The van der Waals surface area contributed by atoms with Crippen molar-refractivity contribution in [2.24, 2.45) is 5.92 Å². The van der Waals surface area contributed by atoms with Crippen LogP contribution in [0.25, 0.3) is 5.65 Å². The van der Waals surface area contributed by atoms with Crippen LogP contribution in [0.2, 0.25) is 10.0 Å². The number of nitriles is 1. The van der Waals surface area contributed by atoms with Gasteiger partial charge in [0, 0.05) is 36.4 Å². The van der Waals surface area contributed by atoms with Gasteiger partial charge in [0.1, 0.15) is 11.7 Å². The molecule has 2 aromatic heterocycles. The summed E-state index contributed by atoms with van der Waals surface area (Å²) in [5, 5.41) is 10.2. The van der Waals surface area contributed by atoms with Crippen LogP contribution in [-0.4, -0.2) is 33.3 Å². The van der Waals surface area contributed by atoms with Crippen molar-refractivity contribution in [1.29, 1.82) is 5.26 Å². The summed E-state index contributed by atoms with van der Waals surface area (Å²) in [7, 11) is 0. The monoisotopic (exact) mass is 468 g/mol. The molecule has 0 unspecified atom stereocenters. The summed E-state index contributed by atoms with van der Waals surface area (Å²) in [5.41, 5.74) is 5.24. The van der Waals surface area contributed by atoms with E-state index in [0.29, 0.717) is 39.1 Å². The minimum Gasteiger partial charge on any atom is -0.339 e. The van der Waals surface area contributed by atoms with E-state index >= 15 is 0 Å². The fraction of sp³-hybridized carbons (Fsp3) is 0.400. The molecule has 3 aromatic rings. The van der Waals surface area contributed by atoms with E-state index in [4.69, 9.17) is 28.2 Å². The number of amides is 1. The van der Waals surface area contributed by atoms with Gasteiger partial charge in [-0.3, -0.25) is 4.79 Å². The smallest absolute Gasteiger partial charge is 0.255 e. The molecule has 7 heteroatoms. The third-order valence-electron chi connectivity index (χ3n) is 6.61. The van der Waals surface area contributed by atoms with Gasteiger partial charge in [-0.15, -0.1) is 0 Å². The first kappa shape index (κ1) is 22.6. The van der Waals surface area contributed by atoms with Crippen molar-refractivity contribution in [3.8, 4) is 6.07 Å². The van der Waals surface area contributed by atoms with E-state index < -0.39 is 0 Å². The number of hydrogen-bond acceptors (Lipinski definition) is 3. The van der Waals surface area contributed by atoms with Crippen LogP contribution in [0.15, 0.2) is 24.4 Å². The average Bonchev–Trinajstić information content (AvgIpc) is 3.12. The van der Waals surface area contributed by atoms with Gasteiger partial charge in [-0.25, -0.2) is 4.98 Å². The Morgan fingerprint density at radius 3 is 2.62 bits per heavy atom. The lowest BCUT2D eigenvalue weighted by molar-refractivity contribution is 0.0689. The van der Waals surface area contributed by atoms with Gasteiger partial charge in [-0.1, -0.05) is 36.5 Å². The number of piperidine rings is 1. The number of hydrogen-bond donors (Lipinski definition) is 0. The van der Waals surface area contributed by atoms with Gasteiger partial charge in [0.25, 0.3) is 5.91 Å². The number of aryl methyl sites for hydroxylation is 2. The highest BCUT2D eigenvalue weighted by molar-refractivity contribution is 6.38. The summed E-state index contributed by atoms with van der Waals surface area (Å²) in [6.07, 6.45) is 5.42. The molecule has 0 saturated carbocycles. The molecule has 1 fully saturated rings. The van der Waals surface area contributed by atoms with Gasteiger partial charge >= 0.3 is 0 Å². The number of aromatic nitrogens is 2. The van der Waals surface area contributed by atoms with Gasteiger partial charge in [-0.2, -0.15) is 5.26 Å². The van der Waals surface area contributed by atoms with E-state index in [9.17, 15) is 10.1 Å². The van der Waals surface area contributed by atoms with Crippen molar-refractivity contribution in [1.82, 2.24) is 14.3 Å². The summed E-state index contributed by atoms with van der Waals surface area (Å²) in [5.74, 6) is 0.655. The van der Waals surface area contributed by atoms with Gasteiger partial charge in [0.15, 0.2) is 0 Å². The highest BCUT2D eigenvalue weighted by atomic mass is 35.5. The van der Waals surface area contributed by atoms with Crippen molar-refractivity contribution in [3.63, 3.8) is 0 Å². The number of pyridine rings is 1.